The van der Waals surface area contributed by atoms with E-state index in [1.165, 1.54) is 4.90 Å². The molecule has 1 aromatic carbocycles. The number of halogens is 3. The van der Waals surface area contributed by atoms with E-state index in [-0.39, 0.29) is 37.7 Å². The van der Waals surface area contributed by atoms with Gasteiger partial charge in [-0.05, 0) is 24.1 Å². The average molecular weight is 659 g/mol. The molecule has 0 saturated carbocycles. The summed E-state index contributed by atoms with van der Waals surface area (Å²) in [4.78, 5) is 57.9. The van der Waals surface area contributed by atoms with Crippen molar-refractivity contribution in [3.8, 4) is 0 Å². The third kappa shape index (κ3) is 5.69. The highest BCUT2D eigenvalue weighted by Crippen LogP contribution is 2.45. The van der Waals surface area contributed by atoms with Gasteiger partial charge in [0.2, 0.25) is 27.4 Å². The van der Waals surface area contributed by atoms with Crippen LogP contribution in [0.25, 0.3) is 0 Å². The first-order chi connectivity index (χ1) is 20.2. The zero-order valence-electron chi connectivity index (χ0n) is 22.9. The Kier molecular flexibility index (Phi) is 8.20. The summed E-state index contributed by atoms with van der Waals surface area (Å²) in [6.45, 7) is 4.70. The predicted octanol–water partition coefficient (Wildman–Crippen LogP) is 0.0564. The van der Waals surface area contributed by atoms with Crippen molar-refractivity contribution < 1.29 is 34.1 Å². The number of nitrogens with one attached hydrogen (secondary N) is 4. The number of hydrogen-bond acceptors (Lipinski definition) is 11. The summed E-state index contributed by atoms with van der Waals surface area (Å²) in [6.07, 6.45) is -0.336. The Bertz CT molecular complexity index is 1390. The lowest BCUT2D eigenvalue weighted by Gasteiger charge is -2.49. The van der Waals surface area contributed by atoms with E-state index < -0.39 is 63.8 Å². The highest BCUT2D eigenvalue weighted by molar-refractivity contribution is 6.67. The minimum absolute atomic E-state index is 0.0291. The second-order valence-corrected chi connectivity index (χ2v) is 13.2. The lowest BCUT2D eigenvalue weighted by atomic mass is 9.85. The molecule has 14 nitrogen and oxygen atoms in total. The maximum absolute atomic E-state index is 13.3. The Labute approximate surface area is 261 Å². The first-order valence-corrected chi connectivity index (χ1v) is 14.6. The van der Waals surface area contributed by atoms with Gasteiger partial charge in [0, 0.05) is 24.9 Å². The van der Waals surface area contributed by atoms with Gasteiger partial charge < -0.3 is 35.8 Å². The quantitative estimate of drug-likeness (QED) is 0.139. The normalized spacial score (nSPS) is 27.6. The molecule has 3 unspecified atom stereocenters. The largest absolute Gasteiger partial charge is 0.445 e. The summed E-state index contributed by atoms with van der Waals surface area (Å²) in [5.41, 5.74) is -0.681. The van der Waals surface area contributed by atoms with Crippen molar-refractivity contribution >= 4 is 64.6 Å². The molecule has 1 aromatic rings. The summed E-state index contributed by atoms with van der Waals surface area (Å²) in [6, 6.07) is 3.51. The predicted molar refractivity (Wildman–Crippen MR) is 155 cm³/mol. The molecule has 6 N–H and O–H groups in total. The van der Waals surface area contributed by atoms with Gasteiger partial charge in [-0.25, -0.2) is 9.79 Å². The Morgan fingerprint density at radius 3 is 2.58 bits per heavy atom. The maximum atomic E-state index is 13.3. The zero-order valence-corrected chi connectivity index (χ0v) is 25.2. The number of amides is 4. The summed E-state index contributed by atoms with van der Waals surface area (Å²) < 4.78 is 3.09. The number of nitrogens with zero attached hydrogens (tertiary/aromatic N) is 3. The van der Waals surface area contributed by atoms with E-state index in [2.05, 4.69) is 32.8 Å². The molecule has 4 amide bonds. The van der Waals surface area contributed by atoms with E-state index in [0.717, 1.165) is 10.5 Å². The molecule has 3 saturated heterocycles. The maximum Gasteiger partial charge on any atom is 0.414 e. The number of guanidine groups is 1. The van der Waals surface area contributed by atoms with E-state index >= 15 is 0 Å². The molecule has 5 rings (SSSR count). The fourth-order valence-corrected chi connectivity index (χ4v) is 6.06. The van der Waals surface area contributed by atoms with E-state index in [4.69, 9.17) is 39.5 Å². The van der Waals surface area contributed by atoms with E-state index in [1.807, 2.05) is 13.0 Å². The highest BCUT2D eigenvalue weighted by Gasteiger charge is 2.74. The topological polar surface area (TPSA) is 185 Å². The van der Waals surface area contributed by atoms with Crippen molar-refractivity contribution in [3.63, 3.8) is 0 Å². The third-order valence-electron chi connectivity index (χ3n) is 7.90. The van der Waals surface area contributed by atoms with Gasteiger partial charge in [0.25, 0.3) is 5.91 Å². The number of aryl methyl sites for hydroxylation is 1. The highest BCUT2D eigenvalue weighted by atomic mass is 35.6. The lowest BCUT2D eigenvalue weighted by molar-refractivity contribution is -0.231. The summed E-state index contributed by atoms with van der Waals surface area (Å²) in [5, 5.41) is 34.8. The zero-order chi connectivity index (χ0) is 31.3. The van der Waals surface area contributed by atoms with E-state index in [1.54, 1.807) is 18.2 Å². The summed E-state index contributed by atoms with van der Waals surface area (Å²) in [5.74, 6) is -4.17. The first kappa shape index (κ1) is 31.1. The van der Waals surface area contributed by atoms with Crippen LogP contribution in [-0.2, 0) is 20.7 Å². The van der Waals surface area contributed by atoms with Crippen LogP contribution in [0.15, 0.2) is 41.7 Å². The molecule has 0 bridgehead atoms. The number of rotatable bonds is 6. The molecular weight excluding hydrogens is 629 g/mol. The minimum Gasteiger partial charge on any atom is -0.445 e. The molecule has 3 fully saturated rings. The number of benzene rings is 1. The van der Waals surface area contributed by atoms with Crippen molar-refractivity contribution in [2.45, 2.75) is 59.6 Å². The van der Waals surface area contributed by atoms with Gasteiger partial charge in [0.1, 0.15) is 12.6 Å². The van der Waals surface area contributed by atoms with Gasteiger partial charge in [-0.1, -0.05) is 60.4 Å². The number of alkyl halides is 3. The molecule has 0 radical (unpaired) electrons. The number of carbonyl (C=O) groups is 4. The molecule has 43 heavy (non-hydrogen) atoms. The number of aliphatic hydroxyl groups is 2. The number of alkyl carbamates (subject to hydrolysis) is 1. The van der Waals surface area contributed by atoms with Gasteiger partial charge in [-0.3, -0.25) is 24.6 Å². The number of hydrogen-bond donors (Lipinski definition) is 6. The lowest BCUT2D eigenvalue weighted by Crippen LogP contribution is -2.78. The van der Waals surface area contributed by atoms with Crippen LogP contribution in [-0.4, -0.2) is 103 Å². The Morgan fingerprint density at radius 1 is 1.23 bits per heavy atom. The van der Waals surface area contributed by atoms with Crippen LogP contribution in [0, 0.1) is 0 Å². The molecule has 17 heteroatoms. The Morgan fingerprint density at radius 2 is 1.93 bits per heavy atom. The van der Waals surface area contributed by atoms with Crippen LogP contribution < -0.4 is 21.3 Å². The number of aliphatic imine (C=N–C) groups is 1. The van der Waals surface area contributed by atoms with Gasteiger partial charge in [-0.2, -0.15) is 0 Å². The minimum atomic E-state index is -2.73. The van der Waals surface area contributed by atoms with Crippen LogP contribution in [0.4, 0.5) is 4.79 Å². The van der Waals surface area contributed by atoms with Crippen LogP contribution in [0.1, 0.15) is 35.7 Å². The smallest absolute Gasteiger partial charge is 0.414 e. The van der Waals surface area contributed by atoms with E-state index in [9.17, 15) is 29.4 Å². The molecular formula is C26H30Cl3N7O7. The van der Waals surface area contributed by atoms with Gasteiger partial charge in [0.15, 0.2) is 5.66 Å². The molecule has 232 valence electrons. The van der Waals surface area contributed by atoms with Gasteiger partial charge >= 0.3 is 6.09 Å². The fraction of sp³-hybridized carbons (Fsp3) is 0.500. The van der Waals surface area contributed by atoms with Gasteiger partial charge in [0.05, 0.1) is 24.4 Å². The number of likely N-dealkylation sites (tertiary alicyclic amines) is 1. The standard InChI is InChI=1S/C26H30Cl3N7O7/c1-3-14-5-4-6-15(9-14)21(39)32-17-11-36-22(33-23(40)43-12-24(27,28)29)31-16(10-35-18(37)7-8-19(35)38)20-25(36,26(17,41)42)34-13(2)30-20/h4-6,9,16-17,20,30,34,41-42H,2-3,7-8,10-12H2,1H3,(H,32,39)(H,31,33,40)/t16-,17?,20?,25?/m0/s1. The van der Waals surface area contributed by atoms with Crippen LogP contribution in [0.3, 0.4) is 0 Å². The number of imide groups is 1. The number of ether oxygens (including phenoxy) is 1. The van der Waals surface area contributed by atoms with Crippen LogP contribution >= 0.6 is 34.8 Å². The van der Waals surface area contributed by atoms with Crippen molar-refractivity contribution in [2.75, 3.05) is 19.7 Å². The van der Waals surface area contributed by atoms with Crippen molar-refractivity contribution in [1.29, 1.82) is 0 Å². The summed E-state index contributed by atoms with van der Waals surface area (Å²) in [7, 11) is 0. The second kappa shape index (κ2) is 11.3. The Balaban J connectivity index is 1.51. The number of carbonyl (C=O) groups excluding carboxylic acids is 4. The molecule has 4 atom stereocenters. The summed E-state index contributed by atoms with van der Waals surface area (Å²) >= 11 is 17.1. The Hall–Kier alpha value is -3.30. The van der Waals surface area contributed by atoms with Crippen LogP contribution in [0.5, 0.6) is 0 Å². The van der Waals surface area contributed by atoms with Crippen molar-refractivity contribution in [2.24, 2.45) is 4.99 Å². The van der Waals surface area contributed by atoms with Gasteiger partial charge in [-0.15, -0.1) is 0 Å². The second-order valence-electron chi connectivity index (χ2n) is 10.6. The average Bonchev–Trinajstić information content (AvgIpc) is 3.54. The van der Waals surface area contributed by atoms with Crippen molar-refractivity contribution in [3.05, 3.63) is 47.8 Å². The third-order valence-corrected chi connectivity index (χ3v) is 8.22. The molecule has 4 heterocycles. The molecule has 4 aliphatic rings. The SMILES string of the molecule is C=C1NC2[C@H](CN3C(=O)CCC3=O)N=C(NC(=O)OCC(Cl)(Cl)Cl)N3CC(NC(=O)c4cccc(CC)c4)C(O)(O)C23N1. The van der Waals surface area contributed by atoms with Crippen LogP contribution in [0.2, 0.25) is 0 Å². The van der Waals surface area contributed by atoms with E-state index in [0.29, 0.717) is 12.0 Å². The molecule has 4 aliphatic heterocycles. The fourth-order valence-electron chi connectivity index (χ4n) is 5.89. The monoisotopic (exact) mass is 657 g/mol. The van der Waals surface area contributed by atoms with Crippen molar-refractivity contribution in [1.82, 2.24) is 31.1 Å². The molecule has 0 aromatic heterocycles. The molecule has 1 spiro atoms. The molecule has 0 aliphatic carbocycles. The first-order valence-electron chi connectivity index (χ1n) is 13.4.